The van der Waals surface area contributed by atoms with Gasteiger partial charge in [0.25, 0.3) is 0 Å². The van der Waals surface area contributed by atoms with Crippen LogP contribution in [0.1, 0.15) is 73.1 Å². The molecular weight excluding hydrogens is 562 g/mol. The van der Waals surface area contributed by atoms with Gasteiger partial charge in [-0.2, -0.15) is 0 Å². The molecule has 4 aromatic rings. The summed E-state index contributed by atoms with van der Waals surface area (Å²) in [5.41, 5.74) is 2.66. The summed E-state index contributed by atoms with van der Waals surface area (Å²) in [6.45, 7) is 5.41. The number of carbonyl (C=O) groups excluding carboxylic acids is 2. The fourth-order valence-corrected chi connectivity index (χ4v) is 6.74. The molecule has 3 amide bonds. The third kappa shape index (κ3) is 7.43. The smallest absolute Gasteiger partial charge is 0.356 e. The number of rotatable bonds is 10. The van der Waals surface area contributed by atoms with E-state index in [9.17, 15) is 19.5 Å². The molecule has 1 fully saturated rings. The van der Waals surface area contributed by atoms with Gasteiger partial charge in [-0.3, -0.25) is 4.79 Å². The van der Waals surface area contributed by atoms with Crippen molar-refractivity contribution in [1.82, 2.24) is 25.5 Å². The summed E-state index contributed by atoms with van der Waals surface area (Å²) in [5, 5.41) is 17.7. The van der Waals surface area contributed by atoms with E-state index in [0.717, 1.165) is 47.7 Å². The molecule has 1 aliphatic rings. The molecule has 1 saturated heterocycles. The number of aromatic amines is 1. The maximum Gasteiger partial charge on any atom is 0.356 e. The second-order valence-corrected chi connectivity index (χ2v) is 12.6. The second-order valence-electron chi connectivity index (χ2n) is 11.6. The number of nitrogens with one attached hydrogen (secondary N) is 3. The van der Waals surface area contributed by atoms with E-state index in [2.05, 4.69) is 20.6 Å². The molecule has 43 heavy (non-hydrogen) atoms. The number of carboxylic acids is 1. The Morgan fingerprint density at radius 3 is 2.37 bits per heavy atom. The molecule has 0 saturated carbocycles. The zero-order valence-corrected chi connectivity index (χ0v) is 25.5. The zero-order chi connectivity index (χ0) is 30.3. The van der Waals surface area contributed by atoms with Crippen LogP contribution < -0.4 is 10.6 Å². The molecule has 4 N–H and O–H groups in total. The van der Waals surface area contributed by atoms with Gasteiger partial charge < -0.3 is 25.6 Å². The van der Waals surface area contributed by atoms with Crippen LogP contribution in [0.5, 0.6) is 0 Å². The summed E-state index contributed by atoms with van der Waals surface area (Å²) < 4.78 is 0. The van der Waals surface area contributed by atoms with Crippen LogP contribution in [0.25, 0.3) is 21.3 Å². The maximum absolute atomic E-state index is 13.9. The highest BCUT2D eigenvalue weighted by atomic mass is 32.1. The van der Waals surface area contributed by atoms with Gasteiger partial charge in [-0.05, 0) is 42.4 Å². The molecular formula is C33H39N5O4S. The van der Waals surface area contributed by atoms with Gasteiger partial charge >= 0.3 is 12.0 Å². The molecule has 1 aliphatic heterocycles. The predicted octanol–water partition coefficient (Wildman–Crippen LogP) is 6.39. The van der Waals surface area contributed by atoms with Crippen molar-refractivity contribution in [2.24, 2.45) is 5.92 Å². The van der Waals surface area contributed by atoms with Crippen molar-refractivity contribution >= 4 is 40.1 Å². The Kier molecular flexibility index (Phi) is 9.76. The first kappa shape index (κ1) is 30.3. The number of H-pyrrole nitrogens is 1. The quantitative estimate of drug-likeness (QED) is 0.168. The van der Waals surface area contributed by atoms with Crippen molar-refractivity contribution in [2.45, 2.75) is 64.5 Å². The van der Waals surface area contributed by atoms with Crippen LogP contribution in [0.4, 0.5) is 4.79 Å². The molecule has 0 aliphatic carbocycles. The van der Waals surface area contributed by atoms with E-state index in [1.54, 1.807) is 0 Å². The molecule has 2 atom stereocenters. The fraction of sp³-hybridized carbons (Fsp3) is 0.394. The number of para-hydroxylation sites is 1. The molecule has 3 heterocycles. The van der Waals surface area contributed by atoms with Gasteiger partial charge in [-0.15, -0.1) is 11.3 Å². The Balaban J connectivity index is 1.47. The van der Waals surface area contributed by atoms with Gasteiger partial charge in [0.2, 0.25) is 5.91 Å². The lowest BCUT2D eigenvalue weighted by molar-refractivity contribution is -0.124. The number of amides is 3. The lowest BCUT2D eigenvalue weighted by Crippen LogP contribution is -2.52. The number of urea groups is 1. The Morgan fingerprint density at radius 2 is 1.67 bits per heavy atom. The molecule has 2 aromatic carbocycles. The third-order valence-electron chi connectivity index (χ3n) is 7.81. The largest absolute Gasteiger partial charge is 0.476 e. The first-order valence-corrected chi connectivity index (χ1v) is 15.8. The molecule has 0 radical (unpaired) electrons. The number of hydrogen-bond donors (Lipinski definition) is 4. The summed E-state index contributed by atoms with van der Waals surface area (Å²) >= 11 is 1.27. The summed E-state index contributed by atoms with van der Waals surface area (Å²) in [6.07, 6.45) is 6.91. The first-order chi connectivity index (χ1) is 20.8. The van der Waals surface area contributed by atoms with Gasteiger partial charge in [-0.1, -0.05) is 75.2 Å². The number of carboxylic acid groups (broad SMARTS) is 1. The van der Waals surface area contributed by atoms with Crippen LogP contribution in [0, 0.1) is 5.92 Å². The number of carbonyl (C=O) groups is 3. The summed E-state index contributed by atoms with van der Waals surface area (Å²) in [7, 11) is 0. The van der Waals surface area contributed by atoms with Gasteiger partial charge in [0.1, 0.15) is 11.0 Å². The Labute approximate surface area is 255 Å². The number of nitrogens with zero attached hydrogens (tertiary/aromatic N) is 2. The minimum absolute atomic E-state index is 0.0439. The second kappa shape index (κ2) is 13.9. The van der Waals surface area contributed by atoms with Crippen molar-refractivity contribution in [1.29, 1.82) is 0 Å². The Hall–Kier alpha value is -4.18. The summed E-state index contributed by atoms with van der Waals surface area (Å²) in [5.74, 6) is -1.27. The number of thiazole rings is 1. The molecule has 0 unspecified atom stereocenters. The van der Waals surface area contributed by atoms with E-state index < -0.39 is 18.1 Å². The highest BCUT2D eigenvalue weighted by molar-refractivity contribution is 7.15. The van der Waals surface area contributed by atoms with Gasteiger partial charge in [-0.25, -0.2) is 14.6 Å². The lowest BCUT2D eigenvalue weighted by atomic mass is 10.0. The molecule has 226 valence electrons. The summed E-state index contributed by atoms with van der Waals surface area (Å²) in [6, 6.07) is 15.6. The fourth-order valence-electron chi connectivity index (χ4n) is 5.63. The van der Waals surface area contributed by atoms with Crippen molar-refractivity contribution in [3.05, 3.63) is 77.1 Å². The molecule has 0 spiro atoms. The standard InChI is InChI=1S/C33H39N5O4S/c1-21(2)18-26(36-33(42)38-16-10-3-4-11-17-38)30(39)35-27(19-23-20-34-25-15-9-8-14-24(23)25)31-37-28(32(40)41)29(43-31)22-12-6-5-7-13-22/h5-9,12-15,20-21,26-27,34H,3-4,10-11,16-19H2,1-2H3,(H,35,39)(H,36,42)(H,40,41)/t26-,27+/m0/s1. The van der Waals surface area contributed by atoms with Crippen molar-refractivity contribution in [3.8, 4) is 10.4 Å². The minimum atomic E-state index is -1.12. The number of benzene rings is 2. The van der Waals surface area contributed by atoms with Gasteiger partial charge in [0.05, 0.1) is 10.9 Å². The minimum Gasteiger partial charge on any atom is -0.476 e. The average Bonchev–Trinajstić information content (AvgIpc) is 3.52. The molecule has 5 rings (SSSR count). The zero-order valence-electron chi connectivity index (χ0n) is 24.6. The highest BCUT2D eigenvalue weighted by Gasteiger charge is 2.30. The Morgan fingerprint density at radius 1 is 0.977 bits per heavy atom. The van der Waals surface area contributed by atoms with E-state index >= 15 is 0 Å². The SMILES string of the molecule is CC(C)C[C@H](NC(=O)N1CCCCCC1)C(=O)N[C@H](Cc1c[nH]c2ccccc12)c1nc(C(=O)O)c(-c2ccccc2)s1. The number of aromatic nitrogens is 2. The monoisotopic (exact) mass is 601 g/mol. The van der Waals surface area contributed by atoms with E-state index in [1.807, 2.05) is 79.5 Å². The first-order valence-electron chi connectivity index (χ1n) is 15.0. The topological polar surface area (TPSA) is 127 Å². The number of fused-ring (bicyclic) bond motifs is 1. The van der Waals surface area contributed by atoms with Crippen LogP contribution in [0.15, 0.2) is 60.8 Å². The normalized spacial score (nSPS) is 15.2. The third-order valence-corrected chi connectivity index (χ3v) is 9.03. The van der Waals surface area contributed by atoms with E-state index in [1.165, 1.54) is 11.3 Å². The highest BCUT2D eigenvalue weighted by Crippen LogP contribution is 2.35. The van der Waals surface area contributed by atoms with Crippen LogP contribution in [0.2, 0.25) is 0 Å². The number of aromatic carboxylic acids is 1. The van der Waals surface area contributed by atoms with E-state index in [-0.39, 0.29) is 23.6 Å². The Bertz CT molecular complexity index is 1560. The summed E-state index contributed by atoms with van der Waals surface area (Å²) in [4.78, 5) is 49.7. The van der Waals surface area contributed by atoms with Crippen LogP contribution in [-0.2, 0) is 11.2 Å². The molecule has 9 nitrogen and oxygen atoms in total. The lowest BCUT2D eigenvalue weighted by Gasteiger charge is -2.27. The molecule has 2 aromatic heterocycles. The predicted molar refractivity (Wildman–Crippen MR) is 169 cm³/mol. The molecule has 10 heteroatoms. The van der Waals surface area contributed by atoms with Crippen molar-refractivity contribution < 1.29 is 19.5 Å². The van der Waals surface area contributed by atoms with Gasteiger partial charge in [0, 0.05) is 36.6 Å². The van der Waals surface area contributed by atoms with Gasteiger partial charge in [0.15, 0.2) is 5.69 Å². The average molecular weight is 602 g/mol. The molecule has 0 bridgehead atoms. The van der Waals surface area contributed by atoms with Crippen molar-refractivity contribution in [3.63, 3.8) is 0 Å². The van der Waals surface area contributed by atoms with E-state index in [4.69, 9.17) is 0 Å². The number of likely N-dealkylation sites (tertiary alicyclic amines) is 1. The van der Waals surface area contributed by atoms with Crippen LogP contribution in [0.3, 0.4) is 0 Å². The maximum atomic E-state index is 13.9. The number of hydrogen-bond acceptors (Lipinski definition) is 5. The van der Waals surface area contributed by atoms with Crippen molar-refractivity contribution in [2.75, 3.05) is 13.1 Å². The van der Waals surface area contributed by atoms with Crippen LogP contribution >= 0.6 is 11.3 Å². The van der Waals surface area contributed by atoms with Crippen LogP contribution in [-0.4, -0.2) is 57.0 Å². The van der Waals surface area contributed by atoms with E-state index in [0.29, 0.717) is 35.8 Å².